The van der Waals surface area contributed by atoms with E-state index in [1.54, 1.807) is 0 Å². The minimum atomic E-state index is 0. The molecule has 7 atom stereocenters. The van der Waals surface area contributed by atoms with E-state index in [4.69, 9.17) is 11.6 Å². The maximum Gasteiger partial charge on any atom is 0.0580 e. The van der Waals surface area contributed by atoms with Crippen LogP contribution >= 0.6 is 11.6 Å². The minimum Gasteiger partial charge on any atom is -0.412 e. The van der Waals surface area contributed by atoms with Crippen LogP contribution in [0.2, 0.25) is 0 Å². The van der Waals surface area contributed by atoms with Crippen LogP contribution < -0.4 is 16.0 Å². The summed E-state index contributed by atoms with van der Waals surface area (Å²) in [5.74, 6) is 2.15. The van der Waals surface area contributed by atoms with Crippen LogP contribution in [0.25, 0.3) is 0 Å². The van der Waals surface area contributed by atoms with Crippen molar-refractivity contribution >= 4 is 11.6 Å². The lowest BCUT2D eigenvalue weighted by molar-refractivity contribution is 0.0220. The Bertz CT molecular complexity index is 690. The van der Waals surface area contributed by atoms with Crippen LogP contribution in [-0.4, -0.2) is 77.2 Å². The highest BCUT2D eigenvalue weighted by atomic mass is 35.5. The highest BCUT2D eigenvalue weighted by molar-refractivity contribution is 6.21. The smallest absolute Gasteiger partial charge is 0.0580 e. The number of nitrogens with one attached hydrogen (secondary N) is 3. The van der Waals surface area contributed by atoms with Crippen LogP contribution in [0.5, 0.6) is 0 Å². The average molecular weight is 547 g/mol. The first kappa shape index (κ1) is 36.5. The lowest BCUT2D eigenvalue weighted by atomic mass is 9.65. The van der Waals surface area contributed by atoms with Crippen molar-refractivity contribution in [2.75, 3.05) is 26.2 Å². The van der Waals surface area contributed by atoms with E-state index in [1.165, 1.54) is 58.2 Å². The molecule has 2 saturated heterocycles. The first-order chi connectivity index (χ1) is 15.8. The van der Waals surface area contributed by atoms with Gasteiger partial charge in [0.1, 0.15) is 0 Å². The molecule has 0 aromatic carbocycles. The minimum absolute atomic E-state index is 0. The maximum atomic E-state index is 6.31. The molecule has 9 N–H and O–H groups in total. The number of piperidine rings is 1. The van der Waals surface area contributed by atoms with Gasteiger partial charge in [-0.3, -0.25) is 10.6 Å². The van der Waals surface area contributed by atoms with Crippen molar-refractivity contribution in [3.63, 3.8) is 0 Å². The Balaban J connectivity index is 0.00000324. The number of fused-ring (bicyclic) bond motifs is 1. The highest BCUT2D eigenvalue weighted by Crippen LogP contribution is 2.43. The molecule has 0 saturated carbocycles. The van der Waals surface area contributed by atoms with Crippen molar-refractivity contribution in [3.05, 3.63) is 24.3 Å². The first-order valence-electron chi connectivity index (χ1n) is 13.8. The summed E-state index contributed by atoms with van der Waals surface area (Å²) in [7, 11) is 0. The molecule has 2 aliphatic carbocycles. The lowest BCUT2D eigenvalue weighted by Crippen LogP contribution is -2.53. The fourth-order valence-corrected chi connectivity index (χ4v) is 7.07. The summed E-state index contributed by atoms with van der Waals surface area (Å²) in [5.41, 5.74) is 0.360. The largest absolute Gasteiger partial charge is 0.412 e. The van der Waals surface area contributed by atoms with Gasteiger partial charge < -0.3 is 26.6 Å². The Hall–Kier alpha value is -0.510. The van der Waals surface area contributed by atoms with Crippen LogP contribution in [-0.2, 0) is 0 Å². The second-order valence-electron chi connectivity index (χ2n) is 12.2. The van der Waals surface area contributed by atoms with Crippen molar-refractivity contribution < 1.29 is 16.4 Å². The highest BCUT2D eigenvalue weighted by Gasteiger charge is 2.40. The molecule has 2 heterocycles. The molecule has 0 spiro atoms. The van der Waals surface area contributed by atoms with E-state index in [9.17, 15) is 0 Å². The Morgan fingerprint density at radius 1 is 1.03 bits per heavy atom. The van der Waals surface area contributed by atoms with Gasteiger partial charge >= 0.3 is 0 Å². The number of alkyl halides is 1. The molecule has 0 aromatic rings. The Kier molecular flexibility index (Phi) is 16.3. The number of likely N-dealkylation sites (tertiary alicyclic amines) is 1. The van der Waals surface area contributed by atoms with Crippen LogP contribution in [0.4, 0.5) is 0 Å². The zero-order chi connectivity index (χ0) is 23.4. The number of hydrogen-bond acceptors (Lipinski definition) is 4. The molecule has 37 heavy (non-hydrogen) atoms. The molecule has 8 heteroatoms. The van der Waals surface area contributed by atoms with E-state index in [0.717, 1.165) is 18.9 Å². The van der Waals surface area contributed by atoms with Crippen molar-refractivity contribution in [2.24, 2.45) is 23.2 Å². The molecule has 2 aliphatic heterocycles. The third kappa shape index (κ3) is 9.87. The standard InChI is InChI=1S/C28H49ClN4.CH4.3H2O/c1-20(2)26(30-16-7-10-27-31-24-8-5-6-9-25(24)32-27)18-33-17-15-23(28(3,4)19-33)21-11-13-22(29)14-12-21;;;;/h5,8,11,13,20-27,30-32H,6-7,9-10,12,14-19H2,1-4H3;1H4;3*1H2/t21?,22?,23?,24?,25?,26-,27?;;;;/m0..../s1. The summed E-state index contributed by atoms with van der Waals surface area (Å²) < 4.78 is 0. The van der Waals surface area contributed by atoms with Gasteiger partial charge in [0, 0.05) is 31.2 Å². The summed E-state index contributed by atoms with van der Waals surface area (Å²) in [6.07, 6.45) is 18.5. The number of hydrogen-bond donors (Lipinski definition) is 3. The zero-order valence-corrected chi connectivity index (χ0v) is 23.8. The van der Waals surface area contributed by atoms with Gasteiger partial charge in [0.25, 0.3) is 0 Å². The topological polar surface area (TPSA) is 134 Å². The van der Waals surface area contributed by atoms with Gasteiger partial charge in [0.15, 0.2) is 0 Å². The molecule has 220 valence electrons. The number of rotatable bonds is 9. The summed E-state index contributed by atoms with van der Waals surface area (Å²) in [5, 5.41) is 11.7. The van der Waals surface area contributed by atoms with Crippen molar-refractivity contribution in [3.8, 4) is 0 Å². The van der Waals surface area contributed by atoms with Crippen molar-refractivity contribution in [1.82, 2.24) is 20.9 Å². The maximum absolute atomic E-state index is 6.31. The predicted octanol–water partition coefficient (Wildman–Crippen LogP) is 3.07. The van der Waals surface area contributed by atoms with Gasteiger partial charge in [0.05, 0.1) is 11.5 Å². The SMILES string of the molecule is C.CC(C)[C@H](CN1CCC(C2C=CC(Cl)CC2)C(C)(C)C1)NCCCC1NC2C=CCCC2N1.O.O.O. The molecule has 2 fully saturated rings. The molecule has 4 rings (SSSR count). The van der Waals surface area contributed by atoms with E-state index in [-0.39, 0.29) is 29.2 Å². The summed E-state index contributed by atoms with van der Waals surface area (Å²) >= 11 is 6.31. The van der Waals surface area contributed by atoms with E-state index in [2.05, 4.69) is 72.8 Å². The quantitative estimate of drug-likeness (QED) is 0.233. The monoisotopic (exact) mass is 546 g/mol. The van der Waals surface area contributed by atoms with Crippen LogP contribution in [0, 0.1) is 23.2 Å². The summed E-state index contributed by atoms with van der Waals surface area (Å²) in [6.45, 7) is 14.5. The molecule has 0 amide bonds. The molecular formula is C29H59ClN4O3. The fraction of sp³-hybridized carbons (Fsp3) is 0.862. The van der Waals surface area contributed by atoms with Gasteiger partial charge in [-0.15, -0.1) is 11.6 Å². The van der Waals surface area contributed by atoms with Gasteiger partial charge in [0.2, 0.25) is 0 Å². The Morgan fingerprint density at radius 3 is 2.41 bits per heavy atom. The van der Waals surface area contributed by atoms with E-state index in [0.29, 0.717) is 41.5 Å². The van der Waals surface area contributed by atoms with Gasteiger partial charge in [-0.25, -0.2) is 0 Å². The molecule has 0 bridgehead atoms. The van der Waals surface area contributed by atoms with E-state index < -0.39 is 0 Å². The molecule has 4 aliphatic rings. The third-order valence-electron chi connectivity index (χ3n) is 8.82. The lowest BCUT2D eigenvalue weighted by Gasteiger charge is -2.48. The van der Waals surface area contributed by atoms with E-state index in [1.807, 2.05) is 0 Å². The van der Waals surface area contributed by atoms with Crippen LogP contribution in [0.15, 0.2) is 24.3 Å². The summed E-state index contributed by atoms with van der Waals surface area (Å²) in [6, 6.07) is 1.76. The second kappa shape index (κ2) is 16.6. The Morgan fingerprint density at radius 2 is 1.78 bits per heavy atom. The molecule has 0 aromatic heterocycles. The Labute approximate surface area is 232 Å². The normalized spacial score (nSPS) is 33.4. The fourth-order valence-electron chi connectivity index (χ4n) is 6.86. The number of nitrogens with zero attached hydrogens (tertiary/aromatic N) is 1. The number of allylic oxidation sites excluding steroid dienone is 3. The molecule has 6 unspecified atom stereocenters. The molecule has 0 radical (unpaired) electrons. The van der Waals surface area contributed by atoms with Crippen LogP contribution in [0.1, 0.15) is 80.1 Å². The molecular weight excluding hydrogens is 488 g/mol. The second-order valence-corrected chi connectivity index (χ2v) is 12.8. The number of halogens is 1. The van der Waals surface area contributed by atoms with Crippen molar-refractivity contribution in [1.29, 1.82) is 0 Å². The van der Waals surface area contributed by atoms with Crippen molar-refractivity contribution in [2.45, 2.75) is 110 Å². The van der Waals surface area contributed by atoms with Gasteiger partial charge in [-0.2, -0.15) is 0 Å². The summed E-state index contributed by atoms with van der Waals surface area (Å²) in [4.78, 5) is 2.74. The predicted molar refractivity (Wildman–Crippen MR) is 159 cm³/mol. The van der Waals surface area contributed by atoms with E-state index >= 15 is 0 Å². The van der Waals surface area contributed by atoms with Gasteiger partial charge in [-0.05, 0) is 81.2 Å². The molecule has 7 nitrogen and oxygen atoms in total. The zero-order valence-electron chi connectivity index (χ0n) is 23.0. The van der Waals surface area contributed by atoms with Crippen LogP contribution in [0.3, 0.4) is 0 Å². The first-order valence-corrected chi connectivity index (χ1v) is 14.2. The third-order valence-corrected chi connectivity index (χ3v) is 9.18. The average Bonchev–Trinajstić information content (AvgIpc) is 3.19. The van der Waals surface area contributed by atoms with Gasteiger partial charge in [-0.1, -0.05) is 59.4 Å².